The third-order valence-electron chi connectivity index (χ3n) is 13.6. The number of aliphatic imine (C=N–C) groups is 1. The summed E-state index contributed by atoms with van der Waals surface area (Å²) in [5, 5.41) is 35.9. The molecule has 10 rings (SSSR count). The van der Waals surface area contributed by atoms with E-state index in [9.17, 15) is 20.1 Å². The molecule has 0 radical (unpaired) electrons. The Morgan fingerprint density at radius 1 is 0.958 bits per heavy atom. The van der Waals surface area contributed by atoms with E-state index < -0.39 is 18.1 Å². The van der Waals surface area contributed by atoms with Crippen LogP contribution in [0.15, 0.2) is 114 Å². The van der Waals surface area contributed by atoms with Gasteiger partial charge in [-0.1, -0.05) is 116 Å². The molecule has 0 aliphatic carbocycles. The van der Waals surface area contributed by atoms with Gasteiger partial charge in [0.1, 0.15) is 24.0 Å². The summed E-state index contributed by atoms with van der Waals surface area (Å²) in [6.07, 6.45) is 5.28. The number of rotatable bonds is 11. The van der Waals surface area contributed by atoms with Crippen LogP contribution < -0.4 is 45.6 Å². The van der Waals surface area contributed by atoms with Crippen molar-refractivity contribution in [1.82, 2.24) is 10.3 Å². The number of phenols is 1. The zero-order valence-corrected chi connectivity index (χ0v) is 40.4. The number of aliphatic hydroxyl groups is 2. The molecule has 4 aliphatic heterocycles. The molecule has 1 fully saturated rings. The zero-order valence-electron chi connectivity index (χ0n) is 40.4. The van der Waals surface area contributed by atoms with E-state index in [1.165, 1.54) is 7.11 Å². The number of aromatic hydroxyl groups is 1. The van der Waals surface area contributed by atoms with Crippen LogP contribution in [0.5, 0.6) is 28.7 Å². The van der Waals surface area contributed by atoms with E-state index in [4.69, 9.17) is 35.4 Å². The van der Waals surface area contributed by atoms with E-state index in [2.05, 4.69) is 58.5 Å². The largest absolute Gasteiger partial charge is 0.508 e. The predicted molar refractivity (Wildman–Crippen MR) is 278 cm³/mol. The number of benzene rings is 5. The first-order valence-corrected chi connectivity index (χ1v) is 24.6. The second-order valence-corrected chi connectivity index (χ2v) is 18.6. The molecule has 4 bridgehead atoms. The van der Waals surface area contributed by atoms with Gasteiger partial charge in [0.25, 0.3) is 0 Å². The summed E-state index contributed by atoms with van der Waals surface area (Å²) >= 11 is 0. The summed E-state index contributed by atoms with van der Waals surface area (Å²) in [5.74, 6) is 1.75. The van der Waals surface area contributed by atoms with Gasteiger partial charge in [-0.25, -0.2) is 4.99 Å². The van der Waals surface area contributed by atoms with Crippen molar-refractivity contribution in [2.24, 2.45) is 22.4 Å². The minimum atomic E-state index is -0.834. The summed E-state index contributed by atoms with van der Waals surface area (Å²) < 4.78 is 26.7. The summed E-state index contributed by atoms with van der Waals surface area (Å²) in [6.45, 7) is 4.39. The minimum Gasteiger partial charge on any atom is -0.508 e. The van der Waals surface area contributed by atoms with Gasteiger partial charge in [-0.15, -0.1) is 0 Å². The standard InChI is InChI=1S/C57H63N6O8/c1-3-42-30-47-40-11-7-10-36(26-40)14-21-46-52-51(49(67)31-50(71-52)39-16-19-44(65)20-17-39)54(69-25-22-45(66)18-13-35-8-5-4-6-9-35)55(68-2)53(46)70-34-38(33-64)27-41-15-12-37(29-48(41)62-57(58)59)28-43-32-60-23-24-63(43)56(47)61-42/h4-13,15-20,26,29-30,38,43,45,50,60,64-66H,3,14,21-25,27-28,31-34H2,1-2H3,(H4,58,59,62)/q-1/p+1/b18-13+/t38-,43-,45-,50?/m0/s1. The number of nitrogens with one attached hydrogen (secondary N) is 1. The number of carbonyl (C=O) groups excluding carboxylic acids is 1. The number of nitrogens with zero attached hydrogens (tertiary/aromatic N) is 3. The number of hydrogen-bond donors (Lipinski definition) is 6. The molecule has 4 atom stereocenters. The Morgan fingerprint density at radius 2 is 1.79 bits per heavy atom. The molecule has 71 heavy (non-hydrogen) atoms. The molecule has 1 unspecified atom stereocenters. The lowest BCUT2D eigenvalue weighted by molar-refractivity contribution is 0.153. The average Bonchev–Trinajstić information content (AvgIpc) is 3.82. The Balaban J connectivity index is 1.17. The van der Waals surface area contributed by atoms with E-state index in [1.807, 2.05) is 48.5 Å². The number of aryl methyl sites for hydroxylation is 2. The Morgan fingerprint density at radius 3 is 2.56 bits per heavy atom. The van der Waals surface area contributed by atoms with Crippen LogP contribution >= 0.6 is 0 Å². The molecule has 1 saturated heterocycles. The lowest BCUT2D eigenvalue weighted by Gasteiger charge is -2.45. The Labute approximate surface area is 414 Å². The van der Waals surface area contributed by atoms with Crippen molar-refractivity contribution in [3.05, 3.63) is 154 Å². The highest BCUT2D eigenvalue weighted by atomic mass is 16.5. The number of aromatic nitrogens is 1. The van der Waals surface area contributed by atoms with Gasteiger partial charge in [0, 0.05) is 24.5 Å². The molecular formula is C57H64N6O8. The monoisotopic (exact) mass is 960 g/mol. The maximum atomic E-state index is 12.2. The number of phenolic OH excluding ortho intramolecular Hbond substituents is 1. The molecule has 4 aliphatic rings. The zero-order chi connectivity index (χ0) is 49.4. The van der Waals surface area contributed by atoms with Crippen LogP contribution in [0.25, 0.3) is 17.2 Å². The van der Waals surface area contributed by atoms with Gasteiger partial charge in [0.2, 0.25) is 5.75 Å². The van der Waals surface area contributed by atoms with Crippen LogP contribution in [0.1, 0.15) is 70.5 Å². The lowest BCUT2D eigenvalue weighted by atomic mass is 9.90. The smallest absolute Gasteiger partial charge is 0.335 e. The molecule has 1 aromatic heterocycles. The Bertz CT molecular complexity index is 2880. The van der Waals surface area contributed by atoms with E-state index in [-0.39, 0.29) is 67.7 Å². The van der Waals surface area contributed by atoms with Crippen molar-refractivity contribution in [2.45, 2.75) is 70.1 Å². The van der Waals surface area contributed by atoms with Crippen molar-refractivity contribution in [2.75, 3.05) is 51.5 Å². The summed E-state index contributed by atoms with van der Waals surface area (Å²) in [5.41, 5.74) is 21.5. The molecule has 5 heterocycles. The van der Waals surface area contributed by atoms with E-state index >= 15 is 0 Å². The molecule has 9 N–H and O–H groups in total. The summed E-state index contributed by atoms with van der Waals surface area (Å²) in [7, 11) is 1.53. The van der Waals surface area contributed by atoms with Crippen LogP contribution in [0.4, 0.5) is 11.5 Å². The Kier molecular flexibility index (Phi) is 15.3. The first-order chi connectivity index (χ1) is 34.6. The fourth-order valence-corrected chi connectivity index (χ4v) is 9.88. The van der Waals surface area contributed by atoms with Crippen molar-refractivity contribution in [3.63, 3.8) is 0 Å². The molecule has 5 aromatic carbocycles. The van der Waals surface area contributed by atoms with E-state index in [0.717, 1.165) is 82.9 Å². The summed E-state index contributed by atoms with van der Waals surface area (Å²) in [4.78, 5) is 24.5. The number of methoxy groups -OCH3 is 1. The minimum absolute atomic E-state index is 0.0245. The number of ether oxygens (including phenoxy) is 4. The molecule has 0 amide bonds. The van der Waals surface area contributed by atoms with Crippen LogP contribution in [0.2, 0.25) is 0 Å². The van der Waals surface area contributed by atoms with Gasteiger partial charge in [-0.05, 0) is 115 Å². The first kappa shape index (κ1) is 48.8. The number of fused-ring (bicyclic) bond motifs is 7. The number of piperazine rings is 1. The normalized spacial score (nSPS) is 18.5. The van der Waals surface area contributed by atoms with Crippen LogP contribution in [0.3, 0.4) is 0 Å². The number of nitrogens with two attached hydrogens (primary N) is 2. The van der Waals surface area contributed by atoms with Crippen molar-refractivity contribution < 1.29 is 39.1 Å². The molecule has 14 heteroatoms. The van der Waals surface area contributed by atoms with Crippen molar-refractivity contribution in [1.29, 1.82) is 0 Å². The van der Waals surface area contributed by atoms with Gasteiger partial charge in [-0.2, -0.15) is 0 Å². The fraction of sp³-hybridized carbons (Fsp3) is 0.333. The first-order valence-electron chi connectivity index (χ1n) is 24.6. The quantitative estimate of drug-likeness (QED) is 0.0436. The highest BCUT2D eigenvalue weighted by Crippen LogP contribution is 2.53. The molecule has 14 nitrogen and oxygen atoms in total. The Hall–Kier alpha value is -7.26. The van der Waals surface area contributed by atoms with Crippen molar-refractivity contribution >= 4 is 29.3 Å². The molecule has 6 aromatic rings. The molecule has 0 spiro atoms. The topological polar surface area (TPSA) is 213 Å². The number of guanidine groups is 1. The number of hydrogen-bond acceptors (Lipinski definition) is 10. The molecular weight excluding hydrogens is 897 g/mol. The third kappa shape index (κ3) is 11.2. The van der Waals surface area contributed by atoms with Gasteiger partial charge >= 0.3 is 5.78 Å². The van der Waals surface area contributed by atoms with Gasteiger partial charge in [-0.3, -0.25) is 4.79 Å². The third-order valence-corrected chi connectivity index (χ3v) is 13.6. The number of aliphatic hydroxyl groups excluding tert-OH is 2. The average molecular weight is 961 g/mol. The van der Waals surface area contributed by atoms with Gasteiger partial charge < -0.3 is 60.9 Å². The second-order valence-electron chi connectivity index (χ2n) is 18.6. The second kappa shape index (κ2) is 22.2. The van der Waals surface area contributed by atoms with Gasteiger partial charge in [0.05, 0.1) is 32.1 Å². The number of ketones is 1. The lowest BCUT2D eigenvalue weighted by Crippen LogP contribution is -2.52. The SMILES string of the molecule is CCc1cc2c([n-]1)N1CCNC[C@@H]1Cc1ccc(c(N=C(N)N)c1)C[C@@H](CO)COc1c(c3c(c(OCC[C@@H](O)/C=C/c4ccccc4)c1OC)C(=[OH+])CC(c1ccc(O)cc1)O3)CCc1cccc-2c1. The number of anilines is 1. The van der Waals surface area contributed by atoms with Crippen molar-refractivity contribution in [3.8, 4) is 39.9 Å². The molecule has 370 valence electrons. The van der Waals surface area contributed by atoms with Crippen LogP contribution in [-0.4, -0.2) is 90.6 Å². The van der Waals surface area contributed by atoms with Crippen LogP contribution in [-0.2, 0) is 32.1 Å². The van der Waals surface area contributed by atoms with Gasteiger partial charge in [0.15, 0.2) is 23.0 Å². The van der Waals surface area contributed by atoms with Crippen LogP contribution in [0, 0.1) is 5.92 Å². The maximum absolute atomic E-state index is 12.2. The highest BCUT2D eigenvalue weighted by Gasteiger charge is 2.41. The fourth-order valence-electron chi connectivity index (χ4n) is 9.88. The molecule has 0 saturated carbocycles. The summed E-state index contributed by atoms with van der Waals surface area (Å²) in [6, 6.07) is 33.5. The van der Waals surface area contributed by atoms with E-state index in [1.54, 1.807) is 30.3 Å². The predicted octanol–water partition coefficient (Wildman–Crippen LogP) is 7.10. The maximum Gasteiger partial charge on any atom is 0.335 e. The highest BCUT2D eigenvalue weighted by molar-refractivity contribution is 6.05. The van der Waals surface area contributed by atoms with E-state index in [0.29, 0.717) is 47.6 Å².